The van der Waals surface area contributed by atoms with Gasteiger partial charge in [-0.25, -0.2) is 4.39 Å². The van der Waals surface area contributed by atoms with Gasteiger partial charge in [-0.1, -0.05) is 31.0 Å². The Morgan fingerprint density at radius 2 is 2.04 bits per heavy atom. The van der Waals surface area contributed by atoms with Gasteiger partial charge in [0, 0.05) is 24.8 Å². The second-order valence-electron chi connectivity index (χ2n) is 7.15. The van der Waals surface area contributed by atoms with Gasteiger partial charge in [0.2, 0.25) is 0 Å². The molecule has 3 rings (SSSR count). The van der Waals surface area contributed by atoms with Crippen molar-refractivity contribution < 1.29 is 9.18 Å². The van der Waals surface area contributed by atoms with Crippen molar-refractivity contribution in [2.45, 2.75) is 58.5 Å². The van der Waals surface area contributed by atoms with E-state index in [0.717, 1.165) is 30.4 Å². The van der Waals surface area contributed by atoms with Crippen molar-refractivity contribution in [1.82, 2.24) is 9.88 Å². The maximum atomic E-state index is 13.9. The predicted octanol–water partition coefficient (Wildman–Crippen LogP) is 4.56. The first kappa shape index (κ1) is 19.6. The van der Waals surface area contributed by atoms with Crippen LogP contribution in [0.15, 0.2) is 29.1 Å². The molecule has 1 aliphatic carbocycles. The first-order valence-corrected chi connectivity index (χ1v) is 9.76. The molecule has 1 aromatic carbocycles. The lowest BCUT2D eigenvalue weighted by Gasteiger charge is -2.26. The lowest BCUT2D eigenvalue weighted by molar-refractivity contribution is 0.0949. The average molecular weight is 391 g/mol. The van der Waals surface area contributed by atoms with Crippen molar-refractivity contribution in [3.8, 4) is 0 Å². The van der Waals surface area contributed by atoms with E-state index in [-0.39, 0.29) is 28.9 Å². The van der Waals surface area contributed by atoms with Crippen molar-refractivity contribution in [1.29, 1.82) is 0 Å². The van der Waals surface area contributed by atoms with E-state index in [1.165, 1.54) is 18.6 Å². The fourth-order valence-electron chi connectivity index (χ4n) is 3.53. The molecular weight excluding hydrogens is 367 g/mol. The lowest BCUT2D eigenvalue weighted by Crippen LogP contribution is -2.29. The highest BCUT2D eigenvalue weighted by Gasteiger charge is 2.21. The van der Waals surface area contributed by atoms with E-state index < -0.39 is 0 Å². The van der Waals surface area contributed by atoms with E-state index in [1.807, 2.05) is 13.0 Å². The number of carbonyl (C=O) groups excluding carboxylic acids is 1. The van der Waals surface area contributed by atoms with E-state index in [0.29, 0.717) is 23.7 Å². The van der Waals surface area contributed by atoms with Crippen LogP contribution in [0.25, 0.3) is 0 Å². The molecule has 4 nitrogen and oxygen atoms in total. The second-order valence-corrected chi connectivity index (χ2v) is 7.55. The van der Waals surface area contributed by atoms with Gasteiger partial charge in [0.05, 0.1) is 10.6 Å². The summed E-state index contributed by atoms with van der Waals surface area (Å²) in [7, 11) is 0. The third-order valence-corrected chi connectivity index (χ3v) is 5.50. The summed E-state index contributed by atoms with van der Waals surface area (Å²) in [5, 5.41) is 2.95. The molecule has 0 unspecified atom stereocenters. The molecule has 0 saturated heterocycles. The monoisotopic (exact) mass is 390 g/mol. The van der Waals surface area contributed by atoms with Crippen LogP contribution in [0, 0.1) is 12.7 Å². The van der Waals surface area contributed by atoms with Crippen molar-refractivity contribution in [3.05, 3.63) is 67.8 Å². The van der Waals surface area contributed by atoms with Crippen LogP contribution >= 0.6 is 11.6 Å². The van der Waals surface area contributed by atoms with Crippen LogP contribution in [0.5, 0.6) is 0 Å². The molecule has 1 fully saturated rings. The maximum absolute atomic E-state index is 13.9. The van der Waals surface area contributed by atoms with Gasteiger partial charge in [-0.2, -0.15) is 0 Å². The van der Waals surface area contributed by atoms with Gasteiger partial charge < -0.3 is 9.88 Å². The molecule has 0 bridgehead atoms. The number of aromatic nitrogens is 1. The largest absolute Gasteiger partial charge is 0.348 e. The van der Waals surface area contributed by atoms with E-state index >= 15 is 0 Å². The highest BCUT2D eigenvalue weighted by molar-refractivity contribution is 6.34. The molecule has 1 N–H and O–H groups in total. The third-order valence-electron chi connectivity index (χ3n) is 5.21. The Labute approximate surface area is 163 Å². The van der Waals surface area contributed by atoms with E-state index in [4.69, 9.17) is 11.6 Å². The summed E-state index contributed by atoms with van der Waals surface area (Å²) in [6.45, 7) is 4.41. The van der Waals surface area contributed by atoms with Crippen LogP contribution in [0.1, 0.15) is 65.7 Å². The molecule has 1 aromatic heterocycles. The highest BCUT2D eigenvalue weighted by Crippen LogP contribution is 2.36. The van der Waals surface area contributed by atoms with Gasteiger partial charge in [0.15, 0.2) is 0 Å². The number of nitrogens with one attached hydrogen (secondary N) is 1. The van der Waals surface area contributed by atoms with Gasteiger partial charge >= 0.3 is 0 Å². The van der Waals surface area contributed by atoms with E-state index in [2.05, 4.69) is 5.32 Å². The Morgan fingerprint density at radius 3 is 2.67 bits per heavy atom. The van der Waals surface area contributed by atoms with Crippen LogP contribution in [-0.2, 0) is 13.1 Å². The first-order chi connectivity index (χ1) is 12.9. The lowest BCUT2D eigenvalue weighted by atomic mass is 9.79. The maximum Gasteiger partial charge on any atom is 0.254 e. The first-order valence-electron chi connectivity index (χ1n) is 9.38. The Hall–Kier alpha value is -2.14. The number of rotatable bonds is 6. The number of nitrogens with zero attached hydrogens (tertiary/aromatic N) is 1. The highest BCUT2D eigenvalue weighted by atomic mass is 35.5. The average Bonchev–Trinajstić information content (AvgIpc) is 2.54. The quantitative estimate of drug-likeness (QED) is 0.786. The zero-order chi connectivity index (χ0) is 19.6. The van der Waals surface area contributed by atoms with Crippen molar-refractivity contribution in [3.63, 3.8) is 0 Å². The Bertz CT molecular complexity index is 919. The Kier molecular flexibility index (Phi) is 6.00. The molecule has 0 spiro atoms. The number of amides is 1. The summed E-state index contributed by atoms with van der Waals surface area (Å²) in [6, 6.07) is 6.25. The summed E-state index contributed by atoms with van der Waals surface area (Å²) in [4.78, 5) is 24.8. The molecule has 1 amide bonds. The van der Waals surface area contributed by atoms with Crippen LogP contribution in [0.4, 0.5) is 4.39 Å². The SMILES string of the molecule is CCCn1c(C)c(C(=O)NCc2cc(F)cc(C3CCC3)c2)c(Cl)cc1=O. The minimum Gasteiger partial charge on any atom is -0.348 e. The fraction of sp³-hybridized carbons (Fsp3) is 0.429. The Balaban J connectivity index is 1.79. The molecule has 144 valence electrons. The second kappa shape index (κ2) is 8.26. The van der Waals surface area contributed by atoms with Gasteiger partial charge in [-0.15, -0.1) is 0 Å². The molecule has 0 atom stereocenters. The van der Waals surface area contributed by atoms with Gasteiger partial charge in [-0.3, -0.25) is 9.59 Å². The topological polar surface area (TPSA) is 51.1 Å². The minimum atomic E-state index is -0.364. The number of halogens is 2. The summed E-state index contributed by atoms with van der Waals surface area (Å²) in [5.41, 5.74) is 2.34. The van der Waals surface area contributed by atoms with Crippen LogP contribution in [0.2, 0.25) is 5.02 Å². The summed E-state index contributed by atoms with van der Waals surface area (Å²) in [5.74, 6) is -0.226. The number of carbonyl (C=O) groups is 1. The molecule has 1 saturated carbocycles. The van der Waals surface area contributed by atoms with Gasteiger partial charge in [0.1, 0.15) is 5.82 Å². The smallest absolute Gasteiger partial charge is 0.254 e. The number of pyridine rings is 1. The zero-order valence-corrected chi connectivity index (χ0v) is 16.4. The normalized spacial score (nSPS) is 14.1. The van der Waals surface area contributed by atoms with Crippen LogP contribution in [0.3, 0.4) is 0 Å². The zero-order valence-electron chi connectivity index (χ0n) is 15.6. The molecule has 0 radical (unpaired) electrons. The predicted molar refractivity (Wildman–Crippen MR) is 105 cm³/mol. The number of benzene rings is 1. The fourth-order valence-corrected chi connectivity index (χ4v) is 3.85. The molecule has 1 heterocycles. The molecule has 0 aliphatic heterocycles. The van der Waals surface area contributed by atoms with Crippen molar-refractivity contribution in [2.75, 3.05) is 0 Å². The van der Waals surface area contributed by atoms with Crippen LogP contribution < -0.4 is 10.9 Å². The number of hydrogen-bond acceptors (Lipinski definition) is 2. The standard InChI is InChI=1S/C21H24ClFN2O2/c1-3-7-25-13(2)20(18(22)11-19(25)26)21(27)24-12-14-8-16(10-17(23)9-14)15-5-4-6-15/h8-11,15H,3-7,12H2,1-2H3,(H,24,27). The molecule has 6 heteroatoms. The van der Waals surface area contributed by atoms with Crippen molar-refractivity contribution >= 4 is 17.5 Å². The van der Waals surface area contributed by atoms with Crippen molar-refractivity contribution in [2.24, 2.45) is 0 Å². The third kappa shape index (κ3) is 4.24. The minimum absolute atomic E-state index is 0.136. The molecular formula is C21H24ClFN2O2. The number of hydrogen-bond donors (Lipinski definition) is 1. The van der Waals surface area contributed by atoms with Gasteiger partial charge in [-0.05, 0) is 55.4 Å². The summed E-state index contributed by atoms with van der Waals surface area (Å²) >= 11 is 6.17. The van der Waals surface area contributed by atoms with Crippen LogP contribution in [-0.4, -0.2) is 10.5 Å². The summed E-state index contributed by atoms with van der Waals surface area (Å²) in [6.07, 6.45) is 4.13. The summed E-state index contributed by atoms with van der Waals surface area (Å²) < 4.78 is 15.5. The molecule has 2 aromatic rings. The Morgan fingerprint density at radius 1 is 1.30 bits per heavy atom. The van der Waals surface area contributed by atoms with E-state index in [1.54, 1.807) is 17.6 Å². The van der Waals surface area contributed by atoms with E-state index in [9.17, 15) is 14.0 Å². The van der Waals surface area contributed by atoms with Gasteiger partial charge in [0.25, 0.3) is 11.5 Å². The molecule has 27 heavy (non-hydrogen) atoms. The molecule has 1 aliphatic rings.